The van der Waals surface area contributed by atoms with Crippen LogP contribution in [-0.4, -0.2) is 84.6 Å². The molecule has 0 amide bonds. The minimum absolute atomic E-state index is 0.144. The van der Waals surface area contributed by atoms with Crippen LogP contribution in [0.5, 0.6) is 5.75 Å². The van der Waals surface area contributed by atoms with Gasteiger partial charge in [0.05, 0.1) is 18.8 Å². The van der Waals surface area contributed by atoms with Crippen LogP contribution in [-0.2, 0) is 0 Å². The quantitative estimate of drug-likeness (QED) is 0.438. The fraction of sp³-hybridized carbons (Fsp3) is 0.571. The zero-order valence-electron chi connectivity index (χ0n) is 20.8. The molecule has 186 valence electrons. The molecule has 2 aliphatic heterocycles. The molecule has 2 saturated heterocycles. The van der Waals surface area contributed by atoms with Gasteiger partial charge in [0.1, 0.15) is 5.75 Å². The normalized spacial score (nSPS) is 21.3. The van der Waals surface area contributed by atoms with Crippen molar-refractivity contribution in [3.63, 3.8) is 0 Å². The maximum absolute atomic E-state index is 9.69. The maximum Gasteiger partial charge on any atom is 0.122 e. The number of aliphatic hydroxyl groups excluding tert-OH is 2. The first kappa shape index (κ1) is 25.0. The average Bonchev–Trinajstić information content (AvgIpc) is 3.44. The van der Waals surface area contributed by atoms with Gasteiger partial charge in [-0.2, -0.15) is 0 Å². The number of likely N-dealkylation sites (tertiary alicyclic amines) is 2. The van der Waals surface area contributed by atoms with Crippen LogP contribution in [0.25, 0.3) is 11.1 Å². The number of anilines is 1. The molecule has 2 aliphatic rings. The summed E-state index contributed by atoms with van der Waals surface area (Å²) in [5.41, 5.74) is 6.06. The molecule has 6 nitrogen and oxygen atoms in total. The van der Waals surface area contributed by atoms with E-state index >= 15 is 0 Å². The van der Waals surface area contributed by atoms with E-state index in [-0.39, 0.29) is 12.2 Å². The second-order valence-electron chi connectivity index (χ2n) is 9.88. The summed E-state index contributed by atoms with van der Waals surface area (Å²) in [5.74, 6) is 0.949. The Morgan fingerprint density at radius 2 is 1.47 bits per heavy atom. The number of hydrogen-bond acceptors (Lipinski definition) is 6. The van der Waals surface area contributed by atoms with Gasteiger partial charge in [0, 0.05) is 45.0 Å². The molecule has 0 aromatic heterocycles. The summed E-state index contributed by atoms with van der Waals surface area (Å²) in [6, 6.07) is 12.8. The van der Waals surface area contributed by atoms with E-state index in [1.807, 2.05) is 0 Å². The van der Waals surface area contributed by atoms with Gasteiger partial charge in [0.15, 0.2) is 0 Å². The summed E-state index contributed by atoms with van der Waals surface area (Å²) >= 11 is 0. The maximum atomic E-state index is 9.69. The first-order valence-corrected chi connectivity index (χ1v) is 12.9. The Bertz CT molecular complexity index is 860. The molecule has 0 aliphatic carbocycles. The summed E-state index contributed by atoms with van der Waals surface area (Å²) < 4.78 is 6.16. The fourth-order valence-electron chi connectivity index (χ4n) is 5.21. The minimum Gasteiger partial charge on any atom is -0.493 e. The van der Waals surface area contributed by atoms with Gasteiger partial charge >= 0.3 is 0 Å². The zero-order valence-corrected chi connectivity index (χ0v) is 20.8. The predicted octanol–water partition coefficient (Wildman–Crippen LogP) is 3.67. The Morgan fingerprint density at radius 1 is 0.853 bits per heavy atom. The van der Waals surface area contributed by atoms with Gasteiger partial charge in [0.2, 0.25) is 0 Å². The molecule has 0 bridgehead atoms. The first-order valence-electron chi connectivity index (χ1n) is 12.9. The Hall–Kier alpha value is -2.12. The van der Waals surface area contributed by atoms with Gasteiger partial charge in [-0.05, 0) is 80.5 Å². The van der Waals surface area contributed by atoms with E-state index in [1.165, 1.54) is 27.9 Å². The van der Waals surface area contributed by atoms with Gasteiger partial charge in [-0.15, -0.1) is 0 Å². The van der Waals surface area contributed by atoms with Crippen molar-refractivity contribution in [2.75, 3.05) is 57.7 Å². The Morgan fingerprint density at radius 3 is 2.12 bits per heavy atom. The standard InChI is InChI=1S/C28H41N3O3/c1-21-25(7-3-9-27(21)29-13-5-14-30-16-11-23(32)19-30)26-8-4-10-28(22(26)2)34-18-6-15-31-17-12-24(33)20-31/h3-4,7-10,23-24,29,32-33H,5-6,11-20H2,1-2H3. The number of benzene rings is 2. The smallest absolute Gasteiger partial charge is 0.122 e. The lowest BCUT2D eigenvalue weighted by Gasteiger charge is -2.19. The number of β-amino-alcohol motifs (C(OH)–C–C–N with tert-alkyl or cyclic N) is 2. The molecule has 3 N–H and O–H groups in total. The molecule has 4 rings (SSSR count). The van der Waals surface area contributed by atoms with Crippen molar-refractivity contribution in [2.24, 2.45) is 0 Å². The highest BCUT2D eigenvalue weighted by Gasteiger charge is 2.20. The number of nitrogens with one attached hydrogen (secondary N) is 1. The van der Waals surface area contributed by atoms with E-state index in [2.05, 4.69) is 65.4 Å². The zero-order chi connectivity index (χ0) is 23.9. The number of aliphatic hydroxyl groups is 2. The molecular weight excluding hydrogens is 426 g/mol. The molecule has 6 heteroatoms. The highest BCUT2D eigenvalue weighted by atomic mass is 16.5. The van der Waals surface area contributed by atoms with E-state index in [4.69, 9.17) is 4.74 Å². The molecule has 2 unspecified atom stereocenters. The van der Waals surface area contributed by atoms with Crippen LogP contribution >= 0.6 is 0 Å². The fourth-order valence-corrected chi connectivity index (χ4v) is 5.21. The van der Waals surface area contributed by atoms with Crippen molar-refractivity contribution in [1.29, 1.82) is 0 Å². The van der Waals surface area contributed by atoms with E-state index in [1.54, 1.807) is 0 Å². The van der Waals surface area contributed by atoms with Crippen LogP contribution in [0.3, 0.4) is 0 Å². The third kappa shape index (κ3) is 6.51. The van der Waals surface area contributed by atoms with Crippen LogP contribution in [0.2, 0.25) is 0 Å². The Labute approximate surface area is 204 Å². The van der Waals surface area contributed by atoms with Crippen molar-refractivity contribution in [1.82, 2.24) is 9.80 Å². The first-order chi connectivity index (χ1) is 16.5. The number of nitrogens with zero attached hydrogens (tertiary/aromatic N) is 2. The summed E-state index contributed by atoms with van der Waals surface area (Å²) in [7, 11) is 0. The lowest BCUT2D eigenvalue weighted by atomic mass is 9.95. The topological polar surface area (TPSA) is 68.2 Å². The summed E-state index contributed by atoms with van der Waals surface area (Å²) in [4.78, 5) is 4.66. The molecule has 2 atom stereocenters. The van der Waals surface area contributed by atoms with E-state index in [9.17, 15) is 10.2 Å². The predicted molar refractivity (Wildman–Crippen MR) is 139 cm³/mol. The average molecular weight is 468 g/mol. The molecule has 2 fully saturated rings. The molecule has 2 aromatic carbocycles. The summed E-state index contributed by atoms with van der Waals surface area (Å²) in [6.07, 6.45) is 3.51. The van der Waals surface area contributed by atoms with Crippen molar-refractivity contribution >= 4 is 5.69 Å². The highest BCUT2D eigenvalue weighted by Crippen LogP contribution is 2.34. The Kier molecular flexibility index (Phi) is 8.84. The lowest BCUT2D eigenvalue weighted by Crippen LogP contribution is -2.24. The van der Waals surface area contributed by atoms with Gasteiger partial charge in [-0.3, -0.25) is 0 Å². The van der Waals surface area contributed by atoms with Crippen molar-refractivity contribution < 1.29 is 14.9 Å². The SMILES string of the molecule is Cc1c(NCCCN2CCC(O)C2)cccc1-c1cccc(OCCCN2CCC(O)C2)c1C. The van der Waals surface area contributed by atoms with Crippen molar-refractivity contribution in [3.8, 4) is 16.9 Å². The van der Waals surface area contributed by atoms with E-state index in [0.29, 0.717) is 6.61 Å². The highest BCUT2D eigenvalue weighted by molar-refractivity contribution is 5.77. The van der Waals surface area contributed by atoms with Gasteiger partial charge < -0.3 is 30.1 Å². The summed E-state index contributed by atoms with van der Waals surface area (Å²) in [5, 5.41) is 23.0. The van der Waals surface area contributed by atoms with E-state index in [0.717, 1.165) is 77.2 Å². The monoisotopic (exact) mass is 467 g/mol. The molecule has 2 aromatic rings. The van der Waals surface area contributed by atoms with Crippen LogP contribution in [0, 0.1) is 13.8 Å². The van der Waals surface area contributed by atoms with Gasteiger partial charge in [0.25, 0.3) is 0 Å². The van der Waals surface area contributed by atoms with Crippen LogP contribution < -0.4 is 10.1 Å². The minimum atomic E-state index is -0.160. The van der Waals surface area contributed by atoms with Gasteiger partial charge in [-0.25, -0.2) is 0 Å². The third-order valence-corrected chi connectivity index (χ3v) is 7.25. The molecule has 0 spiro atoms. The largest absolute Gasteiger partial charge is 0.493 e. The van der Waals surface area contributed by atoms with Crippen molar-refractivity contribution in [2.45, 2.75) is 51.7 Å². The number of rotatable bonds is 11. The molecular formula is C28H41N3O3. The van der Waals surface area contributed by atoms with Crippen molar-refractivity contribution in [3.05, 3.63) is 47.5 Å². The molecule has 0 saturated carbocycles. The van der Waals surface area contributed by atoms with Gasteiger partial charge in [-0.1, -0.05) is 24.3 Å². The van der Waals surface area contributed by atoms with Crippen LogP contribution in [0.4, 0.5) is 5.69 Å². The third-order valence-electron chi connectivity index (χ3n) is 7.25. The Balaban J connectivity index is 1.32. The van der Waals surface area contributed by atoms with Crippen LogP contribution in [0.15, 0.2) is 36.4 Å². The van der Waals surface area contributed by atoms with E-state index < -0.39 is 0 Å². The lowest BCUT2D eigenvalue weighted by molar-refractivity contribution is 0.173. The molecule has 34 heavy (non-hydrogen) atoms. The number of hydrogen-bond donors (Lipinski definition) is 3. The molecule has 0 radical (unpaired) electrons. The second kappa shape index (κ2) is 12.0. The molecule has 2 heterocycles. The van der Waals surface area contributed by atoms with Crippen LogP contribution in [0.1, 0.15) is 36.8 Å². The summed E-state index contributed by atoms with van der Waals surface area (Å²) in [6.45, 7) is 11.5. The number of ether oxygens (including phenoxy) is 1. The second-order valence-corrected chi connectivity index (χ2v) is 9.88.